The summed E-state index contributed by atoms with van der Waals surface area (Å²) in [5.41, 5.74) is 1.97. The van der Waals surface area contributed by atoms with Gasteiger partial charge in [-0.25, -0.2) is 0 Å². The first-order chi connectivity index (χ1) is 12.9. The van der Waals surface area contributed by atoms with Crippen LogP contribution in [0.3, 0.4) is 0 Å². The summed E-state index contributed by atoms with van der Waals surface area (Å²) in [4.78, 5) is 27.0. The molecule has 0 aliphatic carbocycles. The van der Waals surface area contributed by atoms with E-state index in [1.807, 2.05) is 6.07 Å². The van der Waals surface area contributed by atoms with E-state index in [2.05, 4.69) is 29.6 Å². The molecule has 2 rings (SSSR count). The summed E-state index contributed by atoms with van der Waals surface area (Å²) < 4.78 is 0. The molecule has 3 N–H and O–H groups in total. The Hall–Kier alpha value is -1.50. The van der Waals surface area contributed by atoms with Crippen molar-refractivity contribution in [3.63, 3.8) is 0 Å². The number of anilines is 2. The molecule has 150 valence electrons. The zero-order valence-corrected chi connectivity index (χ0v) is 17.5. The van der Waals surface area contributed by atoms with Gasteiger partial charge in [0, 0.05) is 37.4 Å². The van der Waals surface area contributed by atoms with Crippen LogP contribution in [0, 0.1) is 0 Å². The molecule has 1 aliphatic heterocycles. The molecule has 0 radical (unpaired) electrons. The summed E-state index contributed by atoms with van der Waals surface area (Å²) in [5, 5.41) is 5.64. The van der Waals surface area contributed by atoms with Gasteiger partial charge in [-0.15, -0.1) is 0 Å². The Morgan fingerprint density at radius 3 is 2.52 bits per heavy atom. The molecule has 0 unspecified atom stereocenters. The Bertz CT molecular complexity index is 647. The van der Waals surface area contributed by atoms with Crippen LogP contribution >= 0.6 is 23.2 Å². The minimum atomic E-state index is -1.16. The zero-order chi connectivity index (χ0) is 19.8. The van der Waals surface area contributed by atoms with Gasteiger partial charge in [0.2, 0.25) is 0 Å². The van der Waals surface area contributed by atoms with Gasteiger partial charge in [0.1, 0.15) is 0 Å². The molecule has 1 heterocycles. The number of halogens is 2. The van der Waals surface area contributed by atoms with Gasteiger partial charge in [-0.1, -0.05) is 23.2 Å². The first-order valence-electron chi connectivity index (χ1n) is 9.43. The number of quaternary nitrogens is 1. The second-order valence-corrected chi connectivity index (χ2v) is 8.23. The Labute approximate surface area is 171 Å². The number of alkyl halides is 2. The number of nitrogens with one attached hydrogen (secondary N) is 3. The number of hydrogen-bond acceptors (Lipinski definition) is 3. The Morgan fingerprint density at radius 2 is 1.89 bits per heavy atom. The van der Waals surface area contributed by atoms with E-state index < -0.39 is 10.7 Å². The van der Waals surface area contributed by atoms with Crippen LogP contribution in [-0.2, 0) is 4.79 Å². The molecule has 2 amide bonds. The van der Waals surface area contributed by atoms with Gasteiger partial charge in [-0.2, -0.15) is 0 Å². The van der Waals surface area contributed by atoms with E-state index in [-0.39, 0.29) is 5.91 Å². The highest BCUT2D eigenvalue weighted by Crippen LogP contribution is 2.27. The normalized spacial score (nSPS) is 14.5. The van der Waals surface area contributed by atoms with Gasteiger partial charge in [0.15, 0.2) is 4.84 Å². The van der Waals surface area contributed by atoms with Gasteiger partial charge in [0.25, 0.3) is 11.8 Å². The lowest BCUT2D eigenvalue weighted by Crippen LogP contribution is -3.05. The van der Waals surface area contributed by atoms with E-state index in [9.17, 15) is 9.59 Å². The van der Waals surface area contributed by atoms with Gasteiger partial charge in [-0.3, -0.25) is 9.59 Å². The van der Waals surface area contributed by atoms with Crippen molar-refractivity contribution in [2.24, 2.45) is 0 Å². The highest BCUT2D eigenvalue weighted by atomic mass is 35.5. The van der Waals surface area contributed by atoms with Crippen molar-refractivity contribution in [1.82, 2.24) is 5.32 Å². The quantitative estimate of drug-likeness (QED) is 0.446. The number of carbonyl (C=O) groups is 2. The fraction of sp³-hybridized carbons (Fsp3) is 0.579. The van der Waals surface area contributed by atoms with E-state index in [1.54, 1.807) is 12.1 Å². The minimum absolute atomic E-state index is 0.131. The lowest BCUT2D eigenvalue weighted by atomic mass is 10.1. The summed E-state index contributed by atoms with van der Waals surface area (Å²) in [7, 11) is 4.17. The van der Waals surface area contributed by atoms with Gasteiger partial charge < -0.3 is 20.4 Å². The second kappa shape index (κ2) is 10.7. The van der Waals surface area contributed by atoms with E-state index in [1.165, 1.54) is 11.3 Å². The molecule has 0 bridgehead atoms. The molecule has 1 fully saturated rings. The molecule has 0 saturated carbocycles. The maximum absolute atomic E-state index is 12.8. The number of amides is 2. The Morgan fingerprint density at radius 1 is 1.19 bits per heavy atom. The molecule has 1 aliphatic rings. The first-order valence-corrected chi connectivity index (χ1v) is 10.3. The van der Waals surface area contributed by atoms with Crippen molar-refractivity contribution in [3.05, 3.63) is 23.8 Å². The molecule has 0 atom stereocenters. The van der Waals surface area contributed by atoms with Crippen LogP contribution in [0.5, 0.6) is 0 Å². The van der Waals surface area contributed by atoms with Crippen LogP contribution in [0.2, 0.25) is 0 Å². The summed E-state index contributed by atoms with van der Waals surface area (Å²) in [5.74, 6) is -0.641. The van der Waals surface area contributed by atoms with E-state index in [4.69, 9.17) is 23.2 Å². The molecule has 1 saturated heterocycles. The average Bonchev–Trinajstić information content (AvgIpc) is 2.65. The SMILES string of the molecule is C[NH+](C)CCCNC(=O)c1cc(NC(=O)C(Cl)Cl)ccc1N1CCCCC1. The predicted octanol–water partition coefficient (Wildman–Crippen LogP) is 1.68. The van der Waals surface area contributed by atoms with Crippen molar-refractivity contribution < 1.29 is 14.5 Å². The van der Waals surface area contributed by atoms with Crippen molar-refractivity contribution >= 4 is 46.4 Å². The molecule has 27 heavy (non-hydrogen) atoms. The van der Waals surface area contributed by atoms with Crippen LogP contribution in [0.4, 0.5) is 11.4 Å². The van der Waals surface area contributed by atoms with Crippen LogP contribution in [0.15, 0.2) is 18.2 Å². The van der Waals surface area contributed by atoms with Gasteiger partial charge in [0.05, 0.1) is 26.2 Å². The molecule has 0 spiro atoms. The van der Waals surface area contributed by atoms with Gasteiger partial charge in [-0.05, 0) is 37.5 Å². The third-order valence-electron chi connectivity index (χ3n) is 4.54. The van der Waals surface area contributed by atoms with Crippen molar-refractivity contribution in [2.45, 2.75) is 30.5 Å². The molecular formula is C19H29Cl2N4O2+. The minimum Gasteiger partial charge on any atom is -0.371 e. The fourth-order valence-corrected chi connectivity index (χ4v) is 3.25. The maximum Gasteiger partial charge on any atom is 0.257 e. The predicted molar refractivity (Wildman–Crippen MR) is 111 cm³/mol. The molecule has 8 heteroatoms. The number of hydrogen-bond donors (Lipinski definition) is 3. The summed E-state index contributed by atoms with van der Waals surface area (Å²) in [6, 6.07) is 5.37. The lowest BCUT2D eigenvalue weighted by molar-refractivity contribution is -0.858. The molecule has 1 aromatic rings. The first kappa shape index (κ1) is 21.8. The summed E-state index contributed by atoms with van der Waals surface area (Å²) in [6.07, 6.45) is 4.35. The Balaban J connectivity index is 2.17. The number of benzene rings is 1. The van der Waals surface area contributed by atoms with Crippen LogP contribution < -0.4 is 20.4 Å². The zero-order valence-electron chi connectivity index (χ0n) is 16.0. The van der Waals surface area contributed by atoms with Crippen LogP contribution in [-0.4, -0.2) is 56.9 Å². The van der Waals surface area contributed by atoms with Crippen LogP contribution in [0.25, 0.3) is 0 Å². The second-order valence-electron chi connectivity index (χ2n) is 7.14. The molecule has 1 aromatic carbocycles. The highest BCUT2D eigenvalue weighted by Gasteiger charge is 2.20. The molecule has 0 aromatic heterocycles. The van der Waals surface area contributed by atoms with E-state index in [0.717, 1.165) is 44.6 Å². The molecular weight excluding hydrogens is 387 g/mol. The standard InChI is InChI=1S/C19H28Cl2N4O2/c1-24(2)10-6-9-22-18(26)15-13-14(23-19(27)17(20)21)7-8-16(15)25-11-4-3-5-12-25/h7-8,13,17H,3-6,9-12H2,1-2H3,(H,22,26)(H,23,27)/p+1. The topological polar surface area (TPSA) is 65.9 Å². The van der Waals surface area contributed by atoms with Crippen molar-refractivity contribution in [1.29, 1.82) is 0 Å². The smallest absolute Gasteiger partial charge is 0.257 e. The fourth-order valence-electron chi connectivity index (χ4n) is 3.14. The monoisotopic (exact) mass is 415 g/mol. The van der Waals surface area contributed by atoms with E-state index >= 15 is 0 Å². The van der Waals surface area contributed by atoms with Crippen molar-refractivity contribution in [2.75, 3.05) is 50.5 Å². The summed E-state index contributed by atoms with van der Waals surface area (Å²) in [6.45, 7) is 3.47. The van der Waals surface area contributed by atoms with Crippen LogP contribution in [0.1, 0.15) is 36.0 Å². The number of nitrogens with zero attached hydrogens (tertiary/aromatic N) is 1. The number of carbonyl (C=O) groups excluding carboxylic acids is 2. The number of piperidine rings is 1. The maximum atomic E-state index is 12.8. The highest BCUT2D eigenvalue weighted by molar-refractivity contribution is 6.54. The van der Waals surface area contributed by atoms with Gasteiger partial charge >= 0.3 is 0 Å². The third kappa shape index (κ3) is 6.87. The third-order valence-corrected chi connectivity index (χ3v) is 4.94. The largest absolute Gasteiger partial charge is 0.371 e. The van der Waals surface area contributed by atoms with E-state index in [0.29, 0.717) is 17.8 Å². The lowest BCUT2D eigenvalue weighted by Gasteiger charge is -2.30. The molecule has 6 nitrogen and oxygen atoms in total. The number of rotatable bonds is 8. The average molecular weight is 416 g/mol. The Kier molecular flexibility index (Phi) is 8.67. The van der Waals surface area contributed by atoms with Crippen molar-refractivity contribution in [3.8, 4) is 0 Å². The summed E-state index contributed by atoms with van der Waals surface area (Å²) >= 11 is 11.2.